The first kappa shape index (κ1) is 17.0. The number of hydrogen-bond acceptors (Lipinski definition) is 4. The molecular weight excluding hydrogens is 360 g/mol. The molecule has 0 saturated carbocycles. The van der Waals surface area contributed by atoms with E-state index >= 15 is 0 Å². The van der Waals surface area contributed by atoms with Gasteiger partial charge in [0.25, 0.3) is 0 Å². The summed E-state index contributed by atoms with van der Waals surface area (Å²) >= 11 is 3.41. The van der Waals surface area contributed by atoms with Gasteiger partial charge in [0.2, 0.25) is 5.91 Å². The van der Waals surface area contributed by atoms with E-state index in [0.29, 0.717) is 11.3 Å². The summed E-state index contributed by atoms with van der Waals surface area (Å²) in [6.45, 7) is 1.97. The highest BCUT2D eigenvalue weighted by Gasteiger charge is 2.10. The molecule has 0 heterocycles. The standard InChI is InChI=1S/C17H17BrN2O3/c1-11-7-8-12(17(22)23-2)9-15(11)20-16(21)10-19-14-6-4-3-5-13(14)18/h3-9,19H,10H2,1-2H3,(H,20,21). The molecule has 1 amide bonds. The Kier molecular flexibility index (Phi) is 5.76. The van der Waals surface area contributed by atoms with Crippen molar-refractivity contribution in [2.45, 2.75) is 6.92 Å². The number of para-hydroxylation sites is 1. The van der Waals surface area contributed by atoms with Gasteiger partial charge in [-0.1, -0.05) is 18.2 Å². The van der Waals surface area contributed by atoms with Crippen molar-refractivity contribution < 1.29 is 14.3 Å². The molecule has 120 valence electrons. The Morgan fingerprint density at radius 3 is 2.57 bits per heavy atom. The topological polar surface area (TPSA) is 67.4 Å². The van der Waals surface area contributed by atoms with Gasteiger partial charge >= 0.3 is 5.97 Å². The lowest BCUT2D eigenvalue weighted by atomic mass is 10.1. The molecule has 0 atom stereocenters. The van der Waals surface area contributed by atoms with Gasteiger partial charge in [0.05, 0.1) is 19.2 Å². The lowest BCUT2D eigenvalue weighted by molar-refractivity contribution is -0.114. The zero-order chi connectivity index (χ0) is 16.8. The third-order valence-corrected chi connectivity index (χ3v) is 3.94. The summed E-state index contributed by atoms with van der Waals surface area (Å²) in [4.78, 5) is 23.7. The summed E-state index contributed by atoms with van der Waals surface area (Å²) in [5.74, 6) is -0.641. The number of amides is 1. The Morgan fingerprint density at radius 1 is 1.13 bits per heavy atom. The zero-order valence-corrected chi connectivity index (χ0v) is 14.4. The Labute approximate surface area is 143 Å². The maximum absolute atomic E-state index is 12.1. The van der Waals surface area contributed by atoms with Crippen LogP contribution in [0.25, 0.3) is 0 Å². The van der Waals surface area contributed by atoms with Crippen LogP contribution in [0.15, 0.2) is 46.9 Å². The average Bonchev–Trinajstić information content (AvgIpc) is 2.55. The lowest BCUT2D eigenvalue weighted by Gasteiger charge is -2.12. The predicted molar refractivity (Wildman–Crippen MR) is 93.8 cm³/mol. The number of benzene rings is 2. The first-order valence-electron chi connectivity index (χ1n) is 6.98. The van der Waals surface area contributed by atoms with E-state index in [0.717, 1.165) is 15.7 Å². The fourth-order valence-electron chi connectivity index (χ4n) is 1.98. The molecule has 0 fully saturated rings. The van der Waals surface area contributed by atoms with Gasteiger partial charge < -0.3 is 15.4 Å². The number of carbonyl (C=O) groups excluding carboxylic acids is 2. The minimum Gasteiger partial charge on any atom is -0.465 e. The van der Waals surface area contributed by atoms with Crippen molar-refractivity contribution >= 4 is 39.2 Å². The van der Waals surface area contributed by atoms with Crippen LogP contribution in [0, 0.1) is 6.92 Å². The van der Waals surface area contributed by atoms with E-state index in [1.54, 1.807) is 18.2 Å². The number of rotatable bonds is 5. The van der Waals surface area contributed by atoms with Crippen molar-refractivity contribution in [3.05, 3.63) is 58.1 Å². The fraction of sp³-hybridized carbons (Fsp3) is 0.176. The normalized spacial score (nSPS) is 10.0. The van der Waals surface area contributed by atoms with Crippen LogP contribution in [0.2, 0.25) is 0 Å². The third kappa shape index (κ3) is 4.56. The summed E-state index contributed by atoms with van der Waals surface area (Å²) in [5, 5.41) is 5.85. The first-order valence-corrected chi connectivity index (χ1v) is 7.78. The van der Waals surface area contributed by atoms with Crippen LogP contribution < -0.4 is 10.6 Å². The average molecular weight is 377 g/mol. The maximum atomic E-state index is 12.1. The van der Waals surface area contributed by atoms with E-state index in [4.69, 9.17) is 0 Å². The van der Waals surface area contributed by atoms with Gasteiger partial charge in [0.1, 0.15) is 0 Å². The summed E-state index contributed by atoms with van der Waals surface area (Å²) in [6.07, 6.45) is 0. The molecule has 0 unspecified atom stereocenters. The molecule has 0 spiro atoms. The van der Waals surface area contributed by atoms with Crippen molar-refractivity contribution in [3.8, 4) is 0 Å². The number of carbonyl (C=O) groups is 2. The van der Waals surface area contributed by atoms with E-state index in [2.05, 4.69) is 31.3 Å². The lowest BCUT2D eigenvalue weighted by Crippen LogP contribution is -2.22. The van der Waals surface area contributed by atoms with Gasteiger partial charge in [-0.05, 0) is 52.7 Å². The van der Waals surface area contributed by atoms with E-state index in [1.165, 1.54) is 7.11 Å². The maximum Gasteiger partial charge on any atom is 0.337 e. The number of hydrogen-bond donors (Lipinski definition) is 2. The van der Waals surface area contributed by atoms with Crippen LogP contribution in [0.4, 0.5) is 11.4 Å². The molecule has 0 aromatic heterocycles. The molecule has 0 radical (unpaired) electrons. The van der Waals surface area contributed by atoms with E-state index in [-0.39, 0.29) is 12.5 Å². The molecule has 0 aliphatic heterocycles. The van der Waals surface area contributed by atoms with E-state index in [9.17, 15) is 9.59 Å². The number of ether oxygens (including phenoxy) is 1. The van der Waals surface area contributed by atoms with Gasteiger partial charge in [0, 0.05) is 15.8 Å². The highest BCUT2D eigenvalue weighted by Crippen LogP contribution is 2.21. The zero-order valence-electron chi connectivity index (χ0n) is 12.9. The van der Waals surface area contributed by atoms with Gasteiger partial charge in [-0.3, -0.25) is 4.79 Å². The van der Waals surface area contributed by atoms with Crippen LogP contribution in [-0.2, 0) is 9.53 Å². The van der Waals surface area contributed by atoms with Crippen LogP contribution in [0.1, 0.15) is 15.9 Å². The molecular formula is C17H17BrN2O3. The van der Waals surface area contributed by atoms with Gasteiger partial charge in [-0.25, -0.2) is 4.79 Å². The smallest absolute Gasteiger partial charge is 0.337 e. The largest absolute Gasteiger partial charge is 0.465 e. The van der Waals surface area contributed by atoms with Crippen LogP contribution >= 0.6 is 15.9 Å². The molecule has 2 rings (SSSR count). The number of aryl methyl sites for hydroxylation is 1. The van der Waals surface area contributed by atoms with E-state index < -0.39 is 5.97 Å². The summed E-state index contributed by atoms with van der Waals surface area (Å²) in [6, 6.07) is 12.6. The SMILES string of the molecule is COC(=O)c1ccc(C)c(NC(=O)CNc2ccccc2Br)c1. The van der Waals surface area contributed by atoms with Gasteiger partial charge in [-0.15, -0.1) is 0 Å². The van der Waals surface area contributed by atoms with Crippen molar-refractivity contribution in [2.24, 2.45) is 0 Å². The third-order valence-electron chi connectivity index (χ3n) is 3.25. The second-order valence-electron chi connectivity index (χ2n) is 4.90. The highest BCUT2D eigenvalue weighted by molar-refractivity contribution is 9.10. The molecule has 0 aliphatic carbocycles. The molecule has 23 heavy (non-hydrogen) atoms. The number of methoxy groups -OCH3 is 1. The molecule has 2 aromatic rings. The Hall–Kier alpha value is -2.34. The number of nitrogens with one attached hydrogen (secondary N) is 2. The quantitative estimate of drug-likeness (QED) is 0.782. The molecule has 5 nitrogen and oxygen atoms in total. The Bertz CT molecular complexity index is 732. The Balaban J connectivity index is 2.02. The molecule has 6 heteroatoms. The van der Waals surface area contributed by atoms with Crippen molar-refractivity contribution in [2.75, 3.05) is 24.3 Å². The van der Waals surface area contributed by atoms with Crippen LogP contribution in [0.5, 0.6) is 0 Å². The van der Waals surface area contributed by atoms with Crippen LogP contribution in [-0.4, -0.2) is 25.5 Å². The molecule has 2 aromatic carbocycles. The summed E-state index contributed by atoms with van der Waals surface area (Å²) in [7, 11) is 1.32. The minimum absolute atomic E-state index is 0.116. The Morgan fingerprint density at radius 2 is 1.87 bits per heavy atom. The molecule has 0 bridgehead atoms. The highest BCUT2D eigenvalue weighted by atomic mass is 79.9. The molecule has 2 N–H and O–H groups in total. The van der Waals surface area contributed by atoms with Gasteiger partial charge in [-0.2, -0.15) is 0 Å². The van der Waals surface area contributed by atoms with Crippen molar-refractivity contribution in [1.82, 2.24) is 0 Å². The second-order valence-corrected chi connectivity index (χ2v) is 5.76. The van der Waals surface area contributed by atoms with Gasteiger partial charge in [0.15, 0.2) is 0 Å². The summed E-state index contributed by atoms with van der Waals surface area (Å²) in [5.41, 5.74) is 2.69. The number of anilines is 2. The molecule has 0 saturated heterocycles. The minimum atomic E-state index is -0.438. The molecule has 0 aliphatic rings. The monoisotopic (exact) mass is 376 g/mol. The van der Waals surface area contributed by atoms with Crippen molar-refractivity contribution in [3.63, 3.8) is 0 Å². The fourth-order valence-corrected chi connectivity index (χ4v) is 2.40. The van der Waals surface area contributed by atoms with E-state index in [1.807, 2.05) is 31.2 Å². The van der Waals surface area contributed by atoms with Crippen molar-refractivity contribution in [1.29, 1.82) is 0 Å². The summed E-state index contributed by atoms with van der Waals surface area (Å²) < 4.78 is 5.57. The number of esters is 1. The predicted octanol–water partition coefficient (Wildman–Crippen LogP) is 3.59. The number of halogens is 1. The second kappa shape index (κ2) is 7.78. The van der Waals surface area contributed by atoms with Crippen LogP contribution in [0.3, 0.4) is 0 Å². The first-order chi connectivity index (χ1) is 11.0.